The van der Waals surface area contributed by atoms with Crippen LogP contribution in [0.4, 0.5) is 10.6 Å². The molecule has 4 aromatic carbocycles. The second kappa shape index (κ2) is 21.4. The molecule has 358 valence electrons. The number of morpholine rings is 1. The number of aromatic nitrogens is 2. The van der Waals surface area contributed by atoms with Gasteiger partial charge in [0.05, 0.1) is 46.5 Å². The molecule has 3 heterocycles. The highest BCUT2D eigenvalue weighted by atomic mass is 31.2. The Bertz CT molecular complexity index is 2550. The second-order valence-electron chi connectivity index (χ2n) is 17.5. The number of hydrogen-bond acceptors (Lipinski definition) is 12. The van der Waals surface area contributed by atoms with Gasteiger partial charge in [-0.25, -0.2) is 14.3 Å². The predicted molar refractivity (Wildman–Crippen MR) is 258 cm³/mol. The van der Waals surface area contributed by atoms with E-state index in [1.807, 2.05) is 107 Å². The number of carbonyl (C=O) groups is 2. The first-order valence-corrected chi connectivity index (χ1v) is 23.7. The smallest absolute Gasteiger partial charge is 0.351 e. The Hall–Kier alpha value is -6.18. The Labute approximate surface area is 399 Å². The number of ether oxygens (including phenoxy) is 4. The molecular weight excluding hydrogens is 886 g/mol. The van der Waals surface area contributed by atoms with Gasteiger partial charge in [0.15, 0.2) is 6.23 Å². The van der Waals surface area contributed by atoms with Gasteiger partial charge in [0.25, 0.3) is 14.4 Å². The lowest BCUT2D eigenvalue weighted by atomic mass is 9.79. The zero-order chi connectivity index (χ0) is 48.8. The largest absolute Gasteiger partial charge is 0.497 e. The van der Waals surface area contributed by atoms with Crippen LogP contribution in [-0.4, -0.2) is 114 Å². The first kappa shape index (κ1) is 49.7. The molecule has 2 aliphatic rings. The predicted octanol–water partition coefficient (Wildman–Crippen LogP) is 8.12. The first-order chi connectivity index (χ1) is 32.7. The van der Waals surface area contributed by atoms with Crippen molar-refractivity contribution >= 4 is 26.3 Å². The fourth-order valence-corrected chi connectivity index (χ4v) is 10.8. The number of nitrogens with one attached hydrogen (secondary N) is 1. The molecule has 1 aromatic heterocycles. The van der Waals surface area contributed by atoms with Crippen LogP contribution in [0.2, 0.25) is 0 Å². The summed E-state index contributed by atoms with van der Waals surface area (Å²) < 4.78 is 43.3. The zero-order valence-corrected chi connectivity index (χ0v) is 40.9. The van der Waals surface area contributed by atoms with Crippen molar-refractivity contribution in [1.29, 1.82) is 5.26 Å². The van der Waals surface area contributed by atoms with Gasteiger partial charge < -0.3 is 43.1 Å². The summed E-state index contributed by atoms with van der Waals surface area (Å²) in [6, 6.07) is 34.6. The molecule has 2 saturated heterocycles. The van der Waals surface area contributed by atoms with Crippen LogP contribution in [-0.2, 0) is 24.1 Å². The van der Waals surface area contributed by atoms with Crippen LogP contribution >= 0.6 is 8.53 Å². The molecule has 2 fully saturated rings. The molecule has 68 heavy (non-hydrogen) atoms. The number of urea groups is 1. The van der Waals surface area contributed by atoms with Crippen LogP contribution in [0.3, 0.4) is 0 Å². The first-order valence-electron chi connectivity index (χ1n) is 22.5. The normalized spacial score (nSPS) is 19.3. The number of fused-ring (bicyclic) bond motifs is 2. The Balaban J connectivity index is 1.41. The molecule has 7 rings (SSSR count). The summed E-state index contributed by atoms with van der Waals surface area (Å²) in [6.07, 6.45) is -0.436. The van der Waals surface area contributed by atoms with Crippen molar-refractivity contribution in [1.82, 2.24) is 24.0 Å². The van der Waals surface area contributed by atoms with Crippen molar-refractivity contribution in [2.75, 3.05) is 53.4 Å². The highest BCUT2D eigenvalue weighted by Gasteiger charge is 2.68. The summed E-state index contributed by atoms with van der Waals surface area (Å²) >= 11 is 0. The molecule has 2 aliphatic heterocycles. The summed E-state index contributed by atoms with van der Waals surface area (Å²) in [5.41, 5.74) is -0.287. The molecular formula is C51H60N7O9P. The van der Waals surface area contributed by atoms with Gasteiger partial charge in [-0.05, 0) is 87.7 Å². The second-order valence-corrected chi connectivity index (χ2v) is 18.9. The number of amides is 3. The van der Waals surface area contributed by atoms with Crippen molar-refractivity contribution in [3.63, 3.8) is 0 Å². The van der Waals surface area contributed by atoms with Gasteiger partial charge in [-0.3, -0.25) is 9.36 Å². The number of methoxy groups -OCH3 is 2. The minimum atomic E-state index is -1.93. The molecule has 16 nitrogen and oxygen atoms in total. The van der Waals surface area contributed by atoms with Crippen LogP contribution in [0.25, 0.3) is 0 Å². The van der Waals surface area contributed by atoms with Gasteiger partial charge in [-0.2, -0.15) is 10.2 Å². The third-order valence-electron chi connectivity index (χ3n) is 12.2. The lowest BCUT2D eigenvalue weighted by Crippen LogP contribution is -2.54. The summed E-state index contributed by atoms with van der Waals surface area (Å²) in [5, 5.41) is 12.4. The molecule has 2 bridgehead atoms. The van der Waals surface area contributed by atoms with Gasteiger partial charge in [0, 0.05) is 43.5 Å². The Morgan fingerprint density at radius 1 is 0.897 bits per heavy atom. The lowest BCUT2D eigenvalue weighted by Gasteiger charge is -2.42. The quantitative estimate of drug-likeness (QED) is 0.0480. The Morgan fingerprint density at radius 3 is 1.99 bits per heavy atom. The van der Waals surface area contributed by atoms with E-state index in [4.69, 9.17) is 28.0 Å². The van der Waals surface area contributed by atoms with Gasteiger partial charge >= 0.3 is 11.7 Å². The van der Waals surface area contributed by atoms with E-state index in [0.717, 1.165) is 16.7 Å². The fraction of sp³-hybridized carbons (Fsp3) is 0.392. The topological polar surface area (TPSA) is 170 Å². The average molecular weight is 946 g/mol. The lowest BCUT2D eigenvalue weighted by molar-refractivity contribution is -0.173. The van der Waals surface area contributed by atoms with E-state index in [0.29, 0.717) is 22.6 Å². The van der Waals surface area contributed by atoms with E-state index in [1.54, 1.807) is 76.7 Å². The number of nitriles is 1. The number of carbonyl (C=O) groups excluding carboxylic acids is 2. The van der Waals surface area contributed by atoms with Gasteiger partial charge in [0.2, 0.25) is 0 Å². The van der Waals surface area contributed by atoms with E-state index < -0.39 is 49.7 Å². The number of likely N-dealkylation sites (tertiary alicyclic amines) is 1. The number of rotatable bonds is 19. The third kappa shape index (κ3) is 10.0. The standard InChI is InChI=1S/C51H60N7O9P/c1-34(2)58(35(3)4)68(65-30-16-29-52)67-44-43-47(56-31-36(5)45(54-48(56)60)53-46(59)37-17-12-10-13-18-37)66-50(44,32-57(43)49(61)55(6)7)33-64-51(38-19-14-11-15-20-38,39-21-25-41(62-8)26-22-39)40-23-27-42(63-9)28-24-40/h10-15,17-28,31,34-35,43-44,47H,16,30,32-33H2,1-9H3,(H,53,54,59,60)/t43-,44+,47-,50-,68?/m1/s1. The third-order valence-corrected chi connectivity index (χ3v) is 14.3. The SMILES string of the molecule is COc1ccc(C(OC[C@@]23CN(C(=O)N(C)C)[C@@H]([C@H](n4cc(C)c(NC(=O)c5ccccc5)nc4=O)O2)[C@@H]3OP(OCCC#N)N(C(C)C)C(C)C)(c2ccccc2)c2ccc(OC)cc2)cc1. The Morgan fingerprint density at radius 2 is 1.46 bits per heavy atom. The number of hydrogen-bond donors (Lipinski definition) is 1. The number of benzene rings is 4. The zero-order valence-electron chi connectivity index (χ0n) is 40.0. The maximum Gasteiger partial charge on any atom is 0.351 e. The van der Waals surface area contributed by atoms with Gasteiger partial charge in [-0.1, -0.05) is 72.8 Å². The van der Waals surface area contributed by atoms with E-state index in [9.17, 15) is 19.6 Å². The van der Waals surface area contributed by atoms with Crippen LogP contribution in [0.5, 0.6) is 11.5 Å². The molecule has 0 spiro atoms. The molecule has 17 heteroatoms. The summed E-state index contributed by atoms with van der Waals surface area (Å²) in [5.74, 6) is 0.962. The number of anilines is 1. The molecule has 5 atom stereocenters. The summed E-state index contributed by atoms with van der Waals surface area (Å²) in [7, 11) is 4.62. The molecule has 5 aromatic rings. The Kier molecular flexibility index (Phi) is 15.7. The average Bonchev–Trinajstić information content (AvgIpc) is 3.81. The summed E-state index contributed by atoms with van der Waals surface area (Å²) in [4.78, 5) is 49.7. The number of nitrogens with zero attached hydrogens (tertiary/aromatic N) is 6. The molecule has 1 unspecified atom stereocenters. The highest BCUT2D eigenvalue weighted by Crippen LogP contribution is 2.57. The van der Waals surface area contributed by atoms with Crippen molar-refractivity contribution in [2.24, 2.45) is 0 Å². The van der Waals surface area contributed by atoms with E-state index in [2.05, 4.69) is 21.0 Å². The molecule has 0 radical (unpaired) electrons. The minimum absolute atomic E-state index is 0.00302. The maximum atomic E-state index is 14.5. The van der Waals surface area contributed by atoms with Crippen molar-refractivity contribution < 1.29 is 37.6 Å². The minimum Gasteiger partial charge on any atom is -0.497 e. The summed E-state index contributed by atoms with van der Waals surface area (Å²) in [6.45, 7) is 9.82. The van der Waals surface area contributed by atoms with Crippen molar-refractivity contribution in [3.05, 3.63) is 154 Å². The number of aryl methyl sites for hydroxylation is 1. The van der Waals surface area contributed by atoms with Crippen LogP contribution in [0.1, 0.15) is 73.0 Å². The van der Waals surface area contributed by atoms with Crippen LogP contribution in [0, 0.1) is 18.3 Å². The van der Waals surface area contributed by atoms with Crippen LogP contribution in [0.15, 0.2) is 120 Å². The molecule has 0 saturated carbocycles. The molecule has 3 amide bonds. The van der Waals surface area contributed by atoms with Crippen LogP contribution < -0.4 is 20.5 Å². The van der Waals surface area contributed by atoms with Crippen molar-refractivity contribution in [3.8, 4) is 17.6 Å². The highest BCUT2D eigenvalue weighted by molar-refractivity contribution is 7.44. The fourth-order valence-electron chi connectivity index (χ4n) is 9.01. The van der Waals surface area contributed by atoms with E-state index in [-0.39, 0.29) is 50.1 Å². The van der Waals surface area contributed by atoms with E-state index >= 15 is 0 Å². The monoisotopic (exact) mass is 945 g/mol. The molecule has 0 aliphatic carbocycles. The van der Waals surface area contributed by atoms with Crippen molar-refractivity contribution in [2.45, 2.75) is 82.7 Å². The van der Waals surface area contributed by atoms with Gasteiger partial charge in [0.1, 0.15) is 40.7 Å². The van der Waals surface area contributed by atoms with Gasteiger partial charge in [-0.15, -0.1) is 0 Å². The maximum absolute atomic E-state index is 14.5. The molecule has 1 N–H and O–H groups in total. The van der Waals surface area contributed by atoms with E-state index in [1.165, 1.54) is 9.47 Å².